The Morgan fingerprint density at radius 2 is 1.82 bits per heavy atom. The summed E-state index contributed by atoms with van der Waals surface area (Å²) < 4.78 is 11.1. The number of aryl methyl sites for hydroxylation is 1. The molecule has 7 heteroatoms. The van der Waals surface area contributed by atoms with Crippen molar-refractivity contribution in [1.82, 2.24) is 15.5 Å². The lowest BCUT2D eigenvalue weighted by molar-refractivity contribution is 0.198. The van der Waals surface area contributed by atoms with Gasteiger partial charge < -0.3 is 20.1 Å². The smallest absolute Gasteiger partial charge is 0.191 e. The van der Waals surface area contributed by atoms with E-state index in [0.29, 0.717) is 12.6 Å². The molecule has 1 heterocycles. The number of nitrogens with zero attached hydrogens (tertiary/aromatic N) is 2. The van der Waals surface area contributed by atoms with E-state index >= 15 is 0 Å². The first-order valence-corrected chi connectivity index (χ1v) is 11.7. The standard InChI is InChI=1S/C26H38N4O2.HI/c1-4-32-25-19-21(12-13-24(25)31-3)11-8-16-28-26(27-2)29-23-14-17-30(18-15-23)20-22-9-6-5-7-10-22;/h5-7,9-10,12-13,19,23H,4,8,11,14-18,20H2,1-3H3,(H2,27,28,29);1H. The van der Waals surface area contributed by atoms with Crippen LogP contribution in [-0.2, 0) is 13.0 Å². The van der Waals surface area contributed by atoms with E-state index in [4.69, 9.17) is 9.47 Å². The van der Waals surface area contributed by atoms with Crippen molar-refractivity contribution in [3.05, 3.63) is 59.7 Å². The first-order chi connectivity index (χ1) is 15.7. The Hall–Kier alpha value is -2.00. The van der Waals surface area contributed by atoms with Gasteiger partial charge in [-0.1, -0.05) is 36.4 Å². The maximum Gasteiger partial charge on any atom is 0.191 e. The number of guanidine groups is 1. The third-order valence-corrected chi connectivity index (χ3v) is 5.86. The largest absolute Gasteiger partial charge is 0.493 e. The second-order valence-corrected chi connectivity index (χ2v) is 8.20. The second kappa shape index (κ2) is 15.0. The molecule has 2 N–H and O–H groups in total. The summed E-state index contributed by atoms with van der Waals surface area (Å²) in [4.78, 5) is 6.96. The Morgan fingerprint density at radius 3 is 2.48 bits per heavy atom. The van der Waals surface area contributed by atoms with Crippen LogP contribution in [0.2, 0.25) is 0 Å². The molecule has 0 saturated carbocycles. The monoisotopic (exact) mass is 566 g/mol. The van der Waals surface area contributed by atoms with E-state index in [2.05, 4.69) is 63.0 Å². The summed E-state index contributed by atoms with van der Waals surface area (Å²) in [7, 11) is 3.52. The van der Waals surface area contributed by atoms with Crippen LogP contribution in [0.3, 0.4) is 0 Å². The molecule has 0 amide bonds. The predicted molar refractivity (Wildman–Crippen MR) is 147 cm³/mol. The van der Waals surface area contributed by atoms with Crippen molar-refractivity contribution in [3.63, 3.8) is 0 Å². The van der Waals surface area contributed by atoms with E-state index in [1.165, 1.54) is 11.1 Å². The first-order valence-electron chi connectivity index (χ1n) is 11.7. The van der Waals surface area contributed by atoms with Gasteiger partial charge in [0, 0.05) is 39.3 Å². The van der Waals surface area contributed by atoms with Gasteiger partial charge in [0.1, 0.15) is 0 Å². The molecule has 0 radical (unpaired) electrons. The van der Waals surface area contributed by atoms with Crippen molar-refractivity contribution >= 4 is 29.9 Å². The number of hydrogen-bond acceptors (Lipinski definition) is 4. The molecule has 0 aliphatic carbocycles. The molecular formula is C26H39IN4O2. The van der Waals surface area contributed by atoms with Crippen molar-refractivity contribution in [2.75, 3.05) is 40.4 Å². The van der Waals surface area contributed by atoms with Gasteiger partial charge in [-0.3, -0.25) is 9.89 Å². The second-order valence-electron chi connectivity index (χ2n) is 8.20. The maximum atomic E-state index is 5.68. The Bertz CT molecular complexity index is 839. The van der Waals surface area contributed by atoms with Crippen LogP contribution in [0.5, 0.6) is 11.5 Å². The molecule has 182 valence electrons. The number of ether oxygens (including phenoxy) is 2. The number of rotatable bonds is 10. The van der Waals surface area contributed by atoms with Crippen molar-refractivity contribution in [1.29, 1.82) is 0 Å². The van der Waals surface area contributed by atoms with Crippen LogP contribution in [0.15, 0.2) is 53.5 Å². The van der Waals surface area contributed by atoms with Gasteiger partial charge in [0.05, 0.1) is 13.7 Å². The number of methoxy groups -OCH3 is 1. The third kappa shape index (κ3) is 9.04. The van der Waals surface area contributed by atoms with Crippen LogP contribution in [0, 0.1) is 0 Å². The van der Waals surface area contributed by atoms with E-state index in [0.717, 1.165) is 69.3 Å². The zero-order valence-corrected chi connectivity index (χ0v) is 22.5. The SMILES string of the molecule is CCOc1cc(CCCNC(=NC)NC2CCN(Cc3ccccc3)CC2)ccc1OC.I. The summed E-state index contributed by atoms with van der Waals surface area (Å²) in [6.07, 6.45) is 4.28. The Labute approximate surface area is 216 Å². The minimum atomic E-state index is 0. The van der Waals surface area contributed by atoms with Crippen molar-refractivity contribution in [2.45, 2.75) is 45.2 Å². The molecule has 1 aliphatic heterocycles. The van der Waals surface area contributed by atoms with E-state index in [-0.39, 0.29) is 24.0 Å². The highest BCUT2D eigenvalue weighted by molar-refractivity contribution is 14.0. The van der Waals surface area contributed by atoms with E-state index < -0.39 is 0 Å². The van der Waals surface area contributed by atoms with Crippen LogP contribution in [0.4, 0.5) is 0 Å². The molecule has 6 nitrogen and oxygen atoms in total. The highest BCUT2D eigenvalue weighted by Crippen LogP contribution is 2.28. The average Bonchev–Trinajstić information content (AvgIpc) is 2.83. The highest BCUT2D eigenvalue weighted by Gasteiger charge is 2.20. The topological polar surface area (TPSA) is 58.1 Å². The van der Waals surface area contributed by atoms with Gasteiger partial charge in [-0.15, -0.1) is 24.0 Å². The zero-order chi connectivity index (χ0) is 22.6. The molecule has 1 aliphatic rings. The number of benzene rings is 2. The fraction of sp³-hybridized carbons (Fsp3) is 0.500. The van der Waals surface area contributed by atoms with Gasteiger partial charge in [-0.05, 0) is 55.9 Å². The Balaban J connectivity index is 0.00000385. The van der Waals surface area contributed by atoms with Crippen LogP contribution < -0.4 is 20.1 Å². The molecule has 3 rings (SSSR count). The normalized spacial score (nSPS) is 14.9. The molecule has 0 aromatic heterocycles. The fourth-order valence-corrected chi connectivity index (χ4v) is 4.11. The minimum Gasteiger partial charge on any atom is -0.493 e. The summed E-state index contributed by atoms with van der Waals surface area (Å²) in [6, 6.07) is 17.4. The number of hydrogen-bond donors (Lipinski definition) is 2. The van der Waals surface area contributed by atoms with Gasteiger partial charge in [0.2, 0.25) is 0 Å². The van der Waals surface area contributed by atoms with Crippen LogP contribution >= 0.6 is 24.0 Å². The van der Waals surface area contributed by atoms with Crippen LogP contribution in [-0.4, -0.2) is 57.3 Å². The van der Waals surface area contributed by atoms with Gasteiger partial charge in [0.25, 0.3) is 0 Å². The average molecular weight is 567 g/mol. The summed E-state index contributed by atoms with van der Waals surface area (Å²) in [5, 5.41) is 7.08. The minimum absolute atomic E-state index is 0. The molecule has 33 heavy (non-hydrogen) atoms. The summed E-state index contributed by atoms with van der Waals surface area (Å²) >= 11 is 0. The van der Waals surface area contributed by atoms with Crippen molar-refractivity contribution in [2.24, 2.45) is 4.99 Å². The number of nitrogens with one attached hydrogen (secondary N) is 2. The van der Waals surface area contributed by atoms with Crippen LogP contribution in [0.1, 0.15) is 37.3 Å². The van der Waals surface area contributed by atoms with Crippen molar-refractivity contribution < 1.29 is 9.47 Å². The predicted octanol–water partition coefficient (Wildman–Crippen LogP) is 4.47. The van der Waals surface area contributed by atoms with Gasteiger partial charge in [-0.25, -0.2) is 0 Å². The number of aliphatic imine (C=N–C) groups is 1. The Morgan fingerprint density at radius 1 is 1.06 bits per heavy atom. The lowest BCUT2D eigenvalue weighted by atomic mass is 10.0. The zero-order valence-electron chi connectivity index (χ0n) is 20.2. The Kier molecular flexibility index (Phi) is 12.4. The first kappa shape index (κ1) is 27.2. The molecular weight excluding hydrogens is 527 g/mol. The van der Waals surface area contributed by atoms with Crippen LogP contribution in [0.25, 0.3) is 0 Å². The van der Waals surface area contributed by atoms with E-state index in [1.54, 1.807) is 7.11 Å². The third-order valence-electron chi connectivity index (χ3n) is 5.86. The van der Waals surface area contributed by atoms with Gasteiger partial charge >= 0.3 is 0 Å². The molecule has 0 spiro atoms. The number of halogens is 1. The molecule has 2 aromatic carbocycles. The molecule has 0 bridgehead atoms. The van der Waals surface area contributed by atoms with E-state index in [1.807, 2.05) is 20.0 Å². The number of likely N-dealkylation sites (tertiary alicyclic amines) is 1. The number of piperidine rings is 1. The molecule has 0 unspecified atom stereocenters. The molecule has 1 fully saturated rings. The van der Waals surface area contributed by atoms with Gasteiger partial charge in [0.15, 0.2) is 17.5 Å². The van der Waals surface area contributed by atoms with E-state index in [9.17, 15) is 0 Å². The quantitative estimate of drug-likeness (QED) is 0.192. The summed E-state index contributed by atoms with van der Waals surface area (Å²) in [5.41, 5.74) is 2.64. The van der Waals surface area contributed by atoms with Gasteiger partial charge in [-0.2, -0.15) is 0 Å². The highest BCUT2D eigenvalue weighted by atomic mass is 127. The molecule has 0 atom stereocenters. The summed E-state index contributed by atoms with van der Waals surface area (Å²) in [5.74, 6) is 2.50. The molecule has 1 saturated heterocycles. The van der Waals surface area contributed by atoms with Crippen molar-refractivity contribution in [3.8, 4) is 11.5 Å². The molecule has 2 aromatic rings. The lowest BCUT2D eigenvalue weighted by Gasteiger charge is -2.33. The fourth-order valence-electron chi connectivity index (χ4n) is 4.11. The summed E-state index contributed by atoms with van der Waals surface area (Å²) in [6.45, 7) is 6.77. The maximum absolute atomic E-state index is 5.68. The lowest BCUT2D eigenvalue weighted by Crippen LogP contribution is -2.48.